The van der Waals surface area contributed by atoms with Gasteiger partial charge in [0.1, 0.15) is 5.75 Å². The minimum Gasteiger partial charge on any atom is -0.497 e. The Morgan fingerprint density at radius 1 is 1.04 bits per heavy atom. The van der Waals surface area contributed by atoms with Crippen molar-refractivity contribution in [2.24, 2.45) is 0 Å². The summed E-state index contributed by atoms with van der Waals surface area (Å²) in [5.74, 6) is 0.163. The zero-order chi connectivity index (χ0) is 19.6. The largest absolute Gasteiger partial charge is 0.497 e. The number of ether oxygens (including phenoxy) is 2. The first-order chi connectivity index (χ1) is 12.9. The maximum Gasteiger partial charge on any atom is 0.337 e. The lowest BCUT2D eigenvalue weighted by Gasteiger charge is -2.23. The molecule has 0 aliphatic heterocycles. The number of carbonyl (C=O) groups is 2. The van der Waals surface area contributed by atoms with Gasteiger partial charge in [0.05, 0.1) is 25.2 Å². The van der Waals surface area contributed by atoms with Crippen LogP contribution >= 0.6 is 0 Å². The first-order valence-electron chi connectivity index (χ1n) is 8.52. The van der Waals surface area contributed by atoms with Crippen LogP contribution < -0.4 is 10.1 Å². The molecule has 0 radical (unpaired) electrons. The van der Waals surface area contributed by atoms with Crippen molar-refractivity contribution in [1.29, 1.82) is 0 Å². The highest BCUT2D eigenvalue weighted by atomic mass is 16.5. The third-order valence-corrected chi connectivity index (χ3v) is 4.69. The fraction of sp³-hybridized carbons (Fsp3) is 0.238. The summed E-state index contributed by atoms with van der Waals surface area (Å²) in [7, 11) is 2.94. The van der Waals surface area contributed by atoms with Crippen molar-refractivity contribution in [3.63, 3.8) is 0 Å². The molecule has 2 aromatic carbocycles. The van der Waals surface area contributed by atoms with E-state index in [0.717, 1.165) is 22.2 Å². The van der Waals surface area contributed by atoms with E-state index in [0.29, 0.717) is 11.3 Å². The molecule has 2 N–H and O–H groups in total. The van der Waals surface area contributed by atoms with E-state index in [4.69, 9.17) is 4.74 Å². The molecule has 1 aromatic heterocycles. The Labute approximate surface area is 157 Å². The Hall–Kier alpha value is -3.28. The highest BCUT2D eigenvalue weighted by Crippen LogP contribution is 2.33. The Balaban J connectivity index is 1.86. The Kier molecular flexibility index (Phi) is 4.90. The number of aromatic nitrogens is 1. The Bertz CT molecular complexity index is 987. The van der Waals surface area contributed by atoms with Crippen LogP contribution in [0.1, 0.15) is 29.8 Å². The molecule has 3 aromatic rings. The van der Waals surface area contributed by atoms with Crippen LogP contribution in [-0.2, 0) is 14.9 Å². The summed E-state index contributed by atoms with van der Waals surface area (Å²) in [6, 6.07) is 12.3. The van der Waals surface area contributed by atoms with Crippen molar-refractivity contribution >= 4 is 28.5 Å². The first-order valence-corrected chi connectivity index (χ1v) is 8.52. The second-order valence-corrected chi connectivity index (χ2v) is 6.76. The lowest BCUT2D eigenvalue weighted by Crippen LogP contribution is -2.34. The number of amides is 1. The van der Waals surface area contributed by atoms with E-state index in [2.05, 4.69) is 15.0 Å². The van der Waals surface area contributed by atoms with Gasteiger partial charge in [0.25, 0.3) is 0 Å². The molecule has 6 nitrogen and oxygen atoms in total. The summed E-state index contributed by atoms with van der Waals surface area (Å²) in [5, 5.41) is 3.85. The maximum absolute atomic E-state index is 13.0. The highest BCUT2D eigenvalue weighted by Gasteiger charge is 2.32. The van der Waals surface area contributed by atoms with Gasteiger partial charge >= 0.3 is 5.97 Å². The van der Waals surface area contributed by atoms with Crippen molar-refractivity contribution in [2.75, 3.05) is 19.5 Å². The van der Waals surface area contributed by atoms with Crippen molar-refractivity contribution < 1.29 is 19.1 Å². The summed E-state index contributed by atoms with van der Waals surface area (Å²) in [5.41, 5.74) is 2.07. The van der Waals surface area contributed by atoms with Crippen LogP contribution in [-0.4, -0.2) is 31.1 Å². The second kappa shape index (κ2) is 7.15. The summed E-state index contributed by atoms with van der Waals surface area (Å²) in [4.78, 5) is 27.7. The van der Waals surface area contributed by atoms with Gasteiger partial charge in [-0.25, -0.2) is 4.79 Å². The minimum atomic E-state index is -0.786. The molecule has 0 aliphatic carbocycles. The van der Waals surface area contributed by atoms with Crippen molar-refractivity contribution in [3.05, 3.63) is 59.8 Å². The van der Waals surface area contributed by atoms with Gasteiger partial charge in [-0.15, -0.1) is 0 Å². The molecule has 0 saturated carbocycles. The number of nitrogens with one attached hydrogen (secondary N) is 2. The van der Waals surface area contributed by atoms with E-state index in [1.807, 2.05) is 38.2 Å². The third kappa shape index (κ3) is 3.51. The predicted octanol–water partition coefficient (Wildman–Crippen LogP) is 3.88. The van der Waals surface area contributed by atoms with Crippen molar-refractivity contribution in [2.45, 2.75) is 19.3 Å². The predicted molar refractivity (Wildman–Crippen MR) is 104 cm³/mol. The molecule has 140 valence electrons. The quantitative estimate of drug-likeness (QED) is 0.672. The van der Waals surface area contributed by atoms with Gasteiger partial charge in [-0.05, 0) is 61.9 Å². The molecule has 6 heteroatoms. The molecule has 0 saturated heterocycles. The number of hydrogen-bond acceptors (Lipinski definition) is 4. The molecule has 0 aliphatic rings. The number of hydrogen-bond donors (Lipinski definition) is 2. The topological polar surface area (TPSA) is 80.4 Å². The third-order valence-electron chi connectivity index (χ3n) is 4.69. The van der Waals surface area contributed by atoms with Gasteiger partial charge < -0.3 is 19.8 Å². The average Bonchev–Trinajstić information content (AvgIpc) is 3.11. The van der Waals surface area contributed by atoms with Crippen LogP contribution in [0.5, 0.6) is 5.75 Å². The number of anilines is 1. The average molecular weight is 366 g/mol. The summed E-state index contributed by atoms with van der Waals surface area (Å²) < 4.78 is 9.98. The molecule has 1 heterocycles. The Morgan fingerprint density at radius 2 is 1.74 bits per heavy atom. The zero-order valence-electron chi connectivity index (χ0n) is 15.8. The number of aromatic amines is 1. The molecule has 0 fully saturated rings. The SMILES string of the molecule is COC(=O)c1ccc(NC(=O)C(C)(C)c2c[nH]c3ccc(OC)cc23)cc1. The van der Waals surface area contributed by atoms with E-state index in [9.17, 15) is 9.59 Å². The molecular formula is C21H22N2O4. The van der Waals surface area contributed by atoms with Crippen LogP contribution in [0.15, 0.2) is 48.7 Å². The van der Waals surface area contributed by atoms with Crippen molar-refractivity contribution in [3.8, 4) is 5.75 Å². The highest BCUT2D eigenvalue weighted by molar-refractivity contribution is 6.02. The van der Waals surface area contributed by atoms with E-state index in [1.165, 1.54) is 7.11 Å². The Morgan fingerprint density at radius 3 is 2.37 bits per heavy atom. The van der Waals surface area contributed by atoms with Crippen molar-refractivity contribution in [1.82, 2.24) is 4.98 Å². The second-order valence-electron chi connectivity index (χ2n) is 6.76. The fourth-order valence-corrected chi connectivity index (χ4v) is 2.96. The zero-order valence-corrected chi connectivity index (χ0v) is 15.8. The van der Waals surface area contributed by atoms with Gasteiger partial charge in [-0.1, -0.05) is 0 Å². The normalized spacial score (nSPS) is 11.3. The number of carbonyl (C=O) groups excluding carboxylic acids is 2. The smallest absolute Gasteiger partial charge is 0.337 e. The number of rotatable bonds is 5. The summed E-state index contributed by atoms with van der Waals surface area (Å²) in [6.45, 7) is 3.74. The molecule has 0 spiro atoms. The molecule has 3 rings (SSSR count). The fourth-order valence-electron chi connectivity index (χ4n) is 2.96. The minimum absolute atomic E-state index is 0.156. The number of fused-ring (bicyclic) bond motifs is 1. The van der Waals surface area contributed by atoms with E-state index in [-0.39, 0.29) is 5.91 Å². The van der Waals surface area contributed by atoms with Crippen LogP contribution in [0.3, 0.4) is 0 Å². The van der Waals surface area contributed by atoms with Crippen LogP contribution in [0, 0.1) is 0 Å². The van der Waals surface area contributed by atoms with E-state index >= 15 is 0 Å². The number of benzene rings is 2. The molecule has 27 heavy (non-hydrogen) atoms. The van der Waals surface area contributed by atoms with Gasteiger partial charge in [-0.2, -0.15) is 0 Å². The standard InChI is InChI=1S/C21H22N2O4/c1-21(2,17-12-22-18-10-9-15(26-3)11-16(17)18)20(25)23-14-7-5-13(6-8-14)19(24)27-4/h5-12,22H,1-4H3,(H,23,25). The van der Waals surface area contributed by atoms with Gasteiger partial charge in [-0.3, -0.25) is 4.79 Å². The monoisotopic (exact) mass is 366 g/mol. The van der Waals surface area contributed by atoms with Gasteiger partial charge in [0, 0.05) is 22.8 Å². The van der Waals surface area contributed by atoms with Crippen LogP contribution in [0.4, 0.5) is 5.69 Å². The summed E-state index contributed by atoms with van der Waals surface area (Å²) >= 11 is 0. The lowest BCUT2D eigenvalue weighted by molar-refractivity contribution is -0.120. The van der Waals surface area contributed by atoms with Crippen LogP contribution in [0.25, 0.3) is 10.9 Å². The number of methoxy groups -OCH3 is 2. The summed E-state index contributed by atoms with van der Waals surface area (Å²) in [6.07, 6.45) is 1.85. The van der Waals surface area contributed by atoms with E-state index in [1.54, 1.807) is 31.4 Å². The molecule has 0 bridgehead atoms. The molecule has 0 unspecified atom stereocenters. The molecular weight excluding hydrogens is 344 g/mol. The molecule has 1 amide bonds. The van der Waals surface area contributed by atoms with Gasteiger partial charge in [0.15, 0.2) is 0 Å². The number of H-pyrrole nitrogens is 1. The first kappa shape index (κ1) is 18.5. The maximum atomic E-state index is 13.0. The van der Waals surface area contributed by atoms with Gasteiger partial charge in [0.2, 0.25) is 5.91 Å². The van der Waals surface area contributed by atoms with Crippen LogP contribution in [0.2, 0.25) is 0 Å². The lowest BCUT2D eigenvalue weighted by atomic mass is 9.83. The van der Waals surface area contributed by atoms with E-state index < -0.39 is 11.4 Å². The number of esters is 1. The molecule has 0 atom stereocenters.